The molecule has 0 bridgehead atoms. The summed E-state index contributed by atoms with van der Waals surface area (Å²) in [5, 5.41) is 8.86. The number of nitrogens with zero attached hydrogens (tertiary/aromatic N) is 4. The maximum Gasteiger partial charge on any atom is 0.419 e. The number of aromatic nitrogens is 2. The Morgan fingerprint density at radius 1 is 1.06 bits per heavy atom. The number of amides is 3. The van der Waals surface area contributed by atoms with Crippen LogP contribution in [0.4, 0.5) is 23.2 Å². The van der Waals surface area contributed by atoms with Crippen LogP contribution in [-0.4, -0.2) is 96.8 Å². The molecule has 63 heavy (non-hydrogen) atoms. The number of thiazole rings is 1. The normalized spacial score (nSPS) is 20.8. The summed E-state index contributed by atoms with van der Waals surface area (Å²) in [6, 6.07) is 5.06. The number of hydrogen-bond donors (Lipinski definition) is 3. The summed E-state index contributed by atoms with van der Waals surface area (Å²) < 4.78 is 96.3. The first-order valence-corrected chi connectivity index (χ1v) is 22.7. The molecule has 0 spiro atoms. The van der Waals surface area contributed by atoms with Crippen molar-refractivity contribution in [1.82, 2.24) is 29.2 Å². The Morgan fingerprint density at radius 2 is 1.76 bits per heavy atom. The molecular weight excluding hydrogens is 867 g/mol. The van der Waals surface area contributed by atoms with Crippen molar-refractivity contribution < 1.29 is 49.8 Å². The lowest BCUT2D eigenvalue weighted by molar-refractivity contribution is -0.141. The van der Waals surface area contributed by atoms with Crippen molar-refractivity contribution >= 4 is 55.9 Å². The van der Waals surface area contributed by atoms with Crippen LogP contribution in [0.5, 0.6) is 11.5 Å². The summed E-state index contributed by atoms with van der Waals surface area (Å²) in [4.78, 5) is 54.2. The first-order chi connectivity index (χ1) is 29.3. The molecule has 2 fully saturated rings. The highest BCUT2D eigenvalue weighted by Gasteiger charge is 2.62. The Balaban J connectivity index is 1.41. The van der Waals surface area contributed by atoms with Gasteiger partial charge in [-0.1, -0.05) is 48.0 Å². The summed E-state index contributed by atoms with van der Waals surface area (Å²) in [6.45, 7) is 12.6. The minimum absolute atomic E-state index is 0.100. The summed E-state index contributed by atoms with van der Waals surface area (Å²) in [7, 11) is -0.203. The fourth-order valence-electron chi connectivity index (χ4n) is 7.76. The fourth-order valence-corrected chi connectivity index (χ4v) is 9.30. The average molecular weight is 920 g/mol. The Labute approximate surface area is 368 Å². The van der Waals surface area contributed by atoms with Crippen molar-refractivity contribution in [1.29, 1.82) is 0 Å². The highest BCUT2D eigenvalue weighted by molar-refractivity contribution is 7.87. The van der Waals surface area contributed by atoms with Gasteiger partial charge in [-0.3, -0.25) is 14.4 Å². The number of ether oxygens (including phenoxy) is 2. The van der Waals surface area contributed by atoms with E-state index in [1.165, 1.54) is 30.3 Å². The van der Waals surface area contributed by atoms with Crippen LogP contribution in [0.3, 0.4) is 0 Å². The number of hydrogen-bond acceptors (Lipinski definition) is 11. The average Bonchev–Trinajstić information content (AvgIpc) is 3.47. The van der Waals surface area contributed by atoms with Crippen LogP contribution in [0.25, 0.3) is 21.6 Å². The summed E-state index contributed by atoms with van der Waals surface area (Å²) in [5.41, 5.74) is -1.62. The number of alkyl halides is 3. The van der Waals surface area contributed by atoms with E-state index >= 15 is 0 Å². The SMILES string of the molecule is CC[C@@H]1C[C@]1(NC(=O)C1C[C@@H](Oc2cc(-c3nc(C(C)C)cs3)nc3c(C)c(OC)ccc23)CN1C(=O)[C@@H](Nc1ccc(F)c(C(F)(F)F)c1)C(C)(C)C)C(=O)NS(=O)(=O)N(C)C. The number of anilines is 1. The summed E-state index contributed by atoms with van der Waals surface area (Å²) in [5.74, 6) is -3.18. The van der Waals surface area contributed by atoms with Crippen molar-refractivity contribution in [3.05, 3.63) is 64.4 Å². The maximum atomic E-state index is 14.9. The van der Waals surface area contributed by atoms with Gasteiger partial charge in [0.15, 0.2) is 0 Å². The minimum atomic E-state index is -5.02. The molecule has 0 radical (unpaired) electrons. The number of carbonyl (C=O) groups is 3. The van der Waals surface area contributed by atoms with Gasteiger partial charge in [-0.15, -0.1) is 11.3 Å². The van der Waals surface area contributed by atoms with Crippen LogP contribution in [-0.2, 0) is 30.8 Å². The van der Waals surface area contributed by atoms with Gasteiger partial charge >= 0.3 is 16.4 Å². The van der Waals surface area contributed by atoms with Crippen molar-refractivity contribution in [2.24, 2.45) is 11.3 Å². The standard InChI is InChI=1S/C43H53F4N7O7S2/c1-11-24-19-42(24,40(57)52-63(58,59)53(8)9)51-37(55)32-17-26(20-54(32)39(56)36(41(5,6)7)48-25-12-14-29(44)28(16-25)43(45,46)47)61-34-18-30(38-50-31(21-62-38)22(2)3)49-35-23(4)33(60-10)15-13-27(34)35/h12-16,18,21-22,24,26,32,36,48H,11,17,19-20H2,1-10H3,(H,51,55)(H,52,57)/t24-,26-,32?,36-,42-/m1/s1. The predicted molar refractivity (Wildman–Crippen MR) is 231 cm³/mol. The van der Waals surface area contributed by atoms with E-state index in [1.54, 1.807) is 53.0 Å². The van der Waals surface area contributed by atoms with Gasteiger partial charge in [0.25, 0.3) is 5.91 Å². The number of likely N-dealkylation sites (tertiary alicyclic amines) is 1. The summed E-state index contributed by atoms with van der Waals surface area (Å²) in [6.07, 6.45) is -5.43. The van der Waals surface area contributed by atoms with Crippen molar-refractivity contribution in [3.8, 4) is 22.2 Å². The van der Waals surface area contributed by atoms with Gasteiger partial charge in [-0.05, 0) is 60.9 Å². The zero-order valence-corrected chi connectivity index (χ0v) is 38.4. The Bertz CT molecular complexity index is 2530. The molecule has 1 saturated carbocycles. The van der Waals surface area contributed by atoms with Crippen LogP contribution < -0.4 is 24.8 Å². The first kappa shape index (κ1) is 47.4. The highest BCUT2D eigenvalue weighted by Crippen LogP contribution is 2.47. The van der Waals surface area contributed by atoms with Crippen LogP contribution >= 0.6 is 11.3 Å². The topological polar surface area (TPSA) is 172 Å². The molecule has 3 amide bonds. The number of fused-ring (bicyclic) bond motifs is 1. The molecule has 2 aromatic heterocycles. The van der Waals surface area contributed by atoms with Gasteiger partial charge in [0, 0.05) is 48.6 Å². The molecule has 3 N–H and O–H groups in total. The molecule has 3 heterocycles. The van der Waals surface area contributed by atoms with Gasteiger partial charge in [0.05, 0.1) is 30.4 Å². The number of carbonyl (C=O) groups excluding carboxylic acids is 3. The molecule has 1 aliphatic heterocycles. The quantitative estimate of drug-likeness (QED) is 0.112. The largest absolute Gasteiger partial charge is 0.496 e. The van der Waals surface area contributed by atoms with Crippen molar-refractivity contribution in [3.63, 3.8) is 0 Å². The van der Waals surface area contributed by atoms with Gasteiger partial charge in [0.2, 0.25) is 11.8 Å². The second-order valence-corrected chi connectivity index (χ2v) is 20.4. The van der Waals surface area contributed by atoms with Gasteiger partial charge in [-0.25, -0.2) is 19.1 Å². The number of rotatable bonds is 14. The smallest absolute Gasteiger partial charge is 0.419 e. The molecule has 4 aromatic rings. The molecule has 1 aliphatic carbocycles. The third-order valence-electron chi connectivity index (χ3n) is 11.6. The lowest BCUT2D eigenvalue weighted by Crippen LogP contribution is -2.59. The molecular formula is C43H53F4N7O7S2. The number of pyridine rings is 1. The fraction of sp³-hybridized carbons (Fsp3) is 0.512. The highest BCUT2D eigenvalue weighted by atomic mass is 32.2. The zero-order chi connectivity index (χ0) is 46.6. The van der Waals surface area contributed by atoms with Crippen LogP contribution in [0, 0.1) is 24.1 Å². The molecule has 6 rings (SSSR count). The van der Waals surface area contributed by atoms with Crippen LogP contribution in [0.2, 0.25) is 0 Å². The van der Waals surface area contributed by atoms with E-state index in [-0.39, 0.29) is 31.0 Å². The number of halogens is 4. The van der Waals surface area contributed by atoms with Crippen LogP contribution in [0.1, 0.15) is 83.5 Å². The van der Waals surface area contributed by atoms with E-state index in [0.29, 0.717) is 51.7 Å². The predicted octanol–water partition coefficient (Wildman–Crippen LogP) is 7.04. The second kappa shape index (κ2) is 17.5. The van der Waals surface area contributed by atoms with E-state index < -0.39 is 80.5 Å². The number of methoxy groups -OCH3 is 1. The third-order valence-corrected chi connectivity index (χ3v) is 13.9. The van der Waals surface area contributed by atoms with E-state index in [0.717, 1.165) is 21.6 Å². The third kappa shape index (κ3) is 9.72. The van der Waals surface area contributed by atoms with E-state index in [1.807, 2.05) is 30.9 Å². The second-order valence-electron chi connectivity index (χ2n) is 17.6. The van der Waals surface area contributed by atoms with Crippen molar-refractivity contribution in [2.75, 3.05) is 33.1 Å². The van der Waals surface area contributed by atoms with Gasteiger partial charge < -0.3 is 25.0 Å². The monoisotopic (exact) mass is 919 g/mol. The molecule has 1 unspecified atom stereocenters. The molecule has 20 heteroatoms. The van der Waals surface area contributed by atoms with E-state index in [9.17, 15) is 40.4 Å². The summed E-state index contributed by atoms with van der Waals surface area (Å²) >= 11 is 1.42. The van der Waals surface area contributed by atoms with Gasteiger partial charge in [0.1, 0.15) is 51.7 Å². The molecule has 2 aliphatic rings. The first-order valence-electron chi connectivity index (χ1n) is 20.4. The van der Waals surface area contributed by atoms with E-state index in [2.05, 4.69) is 10.6 Å². The van der Waals surface area contributed by atoms with Crippen molar-refractivity contribution in [2.45, 2.75) is 104 Å². The molecule has 14 nitrogen and oxygen atoms in total. The molecule has 1 saturated heterocycles. The zero-order valence-electron chi connectivity index (χ0n) is 36.7. The number of aryl methyl sites for hydroxylation is 1. The van der Waals surface area contributed by atoms with E-state index in [4.69, 9.17) is 19.4 Å². The number of nitrogens with one attached hydrogen (secondary N) is 3. The minimum Gasteiger partial charge on any atom is -0.496 e. The Hall–Kier alpha value is -5.08. The van der Waals surface area contributed by atoms with Gasteiger partial charge in [-0.2, -0.15) is 25.9 Å². The molecule has 342 valence electrons. The lowest BCUT2D eigenvalue weighted by atomic mass is 9.85. The Kier molecular flexibility index (Phi) is 13.1. The van der Waals surface area contributed by atoms with Crippen LogP contribution in [0.15, 0.2) is 41.8 Å². The number of benzene rings is 2. The maximum absolute atomic E-state index is 14.9. The molecule has 5 atom stereocenters. The lowest BCUT2D eigenvalue weighted by Gasteiger charge is -2.36. The molecule has 2 aromatic carbocycles. The Morgan fingerprint density at radius 3 is 2.33 bits per heavy atom.